The molecular formula is C30H35F5O3. The van der Waals surface area contributed by atoms with E-state index >= 15 is 0 Å². The fourth-order valence-electron chi connectivity index (χ4n) is 6.40. The molecule has 8 heteroatoms. The lowest BCUT2D eigenvalue weighted by atomic mass is 9.74. The van der Waals surface area contributed by atoms with Crippen LogP contribution in [0.1, 0.15) is 68.4 Å². The van der Waals surface area contributed by atoms with Gasteiger partial charge in [0.25, 0.3) is 0 Å². The van der Waals surface area contributed by atoms with Crippen LogP contribution in [0.15, 0.2) is 36.4 Å². The predicted octanol–water partition coefficient (Wildman–Crippen LogP) is 8.15. The maximum absolute atomic E-state index is 14.7. The van der Waals surface area contributed by atoms with Crippen LogP contribution in [0.2, 0.25) is 0 Å². The number of rotatable bonds is 6. The van der Waals surface area contributed by atoms with E-state index in [-0.39, 0.29) is 18.8 Å². The van der Waals surface area contributed by atoms with Crippen molar-refractivity contribution in [3.8, 4) is 5.75 Å². The maximum Gasteiger partial charge on any atom is 0.400 e. The van der Waals surface area contributed by atoms with Crippen LogP contribution in [-0.2, 0) is 9.47 Å². The van der Waals surface area contributed by atoms with Crippen LogP contribution in [0.5, 0.6) is 5.75 Å². The first-order valence-electron chi connectivity index (χ1n) is 13.7. The molecule has 1 saturated heterocycles. The van der Waals surface area contributed by atoms with Crippen LogP contribution in [0, 0.1) is 48.0 Å². The first-order valence-corrected chi connectivity index (χ1v) is 13.7. The number of ether oxygens (including phenoxy) is 3. The van der Waals surface area contributed by atoms with Gasteiger partial charge >= 0.3 is 6.11 Å². The molecule has 3 aliphatic rings. The Balaban J connectivity index is 1.06. The normalized spacial score (nSPS) is 30.7. The smallest absolute Gasteiger partial charge is 0.400 e. The Morgan fingerprint density at radius 2 is 1.29 bits per heavy atom. The van der Waals surface area contributed by atoms with E-state index in [1.807, 2.05) is 0 Å². The number of benzene rings is 2. The minimum Gasteiger partial charge on any atom is -0.432 e. The van der Waals surface area contributed by atoms with Crippen LogP contribution < -0.4 is 4.74 Å². The van der Waals surface area contributed by atoms with E-state index in [4.69, 9.17) is 9.47 Å². The van der Waals surface area contributed by atoms with Gasteiger partial charge < -0.3 is 14.2 Å². The van der Waals surface area contributed by atoms with E-state index < -0.39 is 41.5 Å². The van der Waals surface area contributed by atoms with Gasteiger partial charge in [-0.05, 0) is 75.7 Å². The van der Waals surface area contributed by atoms with Gasteiger partial charge in [0.1, 0.15) is 5.75 Å². The summed E-state index contributed by atoms with van der Waals surface area (Å²) in [7, 11) is 0. The molecule has 2 aliphatic carbocycles. The Hall–Kier alpha value is -2.19. The first kappa shape index (κ1) is 27.4. The lowest BCUT2D eigenvalue weighted by molar-refractivity contribution is -0.251. The lowest BCUT2D eigenvalue weighted by Crippen LogP contribution is -2.43. The molecule has 1 aliphatic heterocycles. The second kappa shape index (κ2) is 11.5. The van der Waals surface area contributed by atoms with Crippen molar-refractivity contribution in [3.63, 3.8) is 0 Å². The average molecular weight is 539 g/mol. The van der Waals surface area contributed by atoms with Gasteiger partial charge in [0.15, 0.2) is 23.7 Å². The quantitative estimate of drug-likeness (QED) is 0.274. The second-order valence-corrected chi connectivity index (χ2v) is 11.3. The Bertz CT molecular complexity index is 1040. The molecule has 5 rings (SSSR count). The van der Waals surface area contributed by atoms with Crippen molar-refractivity contribution in [3.05, 3.63) is 65.0 Å². The highest BCUT2D eigenvalue weighted by Crippen LogP contribution is 2.44. The standard InChI is InChI=1S/C30H35F5O3/c1-18-2-4-19(5-3-18)20-6-8-21(9-7-20)23-16-36-29(37-17-23)22-10-12-24(13-11-22)30(34,35)38-25-14-26(31)28(33)27(32)15-25/h2-5,14-15,20-24,29H,6-13,16-17H2,1H3. The van der Waals surface area contributed by atoms with Gasteiger partial charge in [0, 0.05) is 24.0 Å². The van der Waals surface area contributed by atoms with E-state index in [0.29, 0.717) is 55.9 Å². The van der Waals surface area contributed by atoms with Gasteiger partial charge in [0.05, 0.1) is 19.1 Å². The Morgan fingerprint density at radius 3 is 1.87 bits per heavy atom. The topological polar surface area (TPSA) is 27.7 Å². The molecule has 208 valence electrons. The number of alkyl halides is 2. The van der Waals surface area contributed by atoms with Crippen LogP contribution in [0.4, 0.5) is 22.0 Å². The van der Waals surface area contributed by atoms with Crippen molar-refractivity contribution < 1.29 is 36.2 Å². The van der Waals surface area contributed by atoms with Crippen molar-refractivity contribution in [2.45, 2.75) is 76.6 Å². The second-order valence-electron chi connectivity index (χ2n) is 11.3. The molecule has 0 atom stereocenters. The molecule has 0 aromatic heterocycles. The molecule has 2 aromatic rings. The SMILES string of the molecule is Cc1ccc(C2CCC(C3COC(C4CCC(C(F)(F)Oc5cc(F)c(F)c(F)c5)CC4)OC3)CC2)cc1. The monoisotopic (exact) mass is 538 g/mol. The lowest BCUT2D eigenvalue weighted by Gasteiger charge is -2.41. The molecule has 0 radical (unpaired) electrons. The van der Waals surface area contributed by atoms with E-state index in [0.717, 1.165) is 12.8 Å². The zero-order chi connectivity index (χ0) is 26.9. The maximum atomic E-state index is 14.7. The van der Waals surface area contributed by atoms with Gasteiger partial charge in [0.2, 0.25) is 0 Å². The van der Waals surface area contributed by atoms with E-state index in [1.165, 1.54) is 24.0 Å². The fraction of sp³-hybridized carbons (Fsp3) is 0.600. The molecule has 1 heterocycles. The number of halogens is 5. The van der Waals surface area contributed by atoms with Crippen molar-refractivity contribution in [2.24, 2.45) is 23.7 Å². The molecular weight excluding hydrogens is 503 g/mol. The largest absolute Gasteiger partial charge is 0.432 e. The minimum absolute atomic E-state index is 0.0148. The molecule has 0 spiro atoms. The third-order valence-corrected chi connectivity index (χ3v) is 8.78. The van der Waals surface area contributed by atoms with Crippen molar-refractivity contribution >= 4 is 0 Å². The summed E-state index contributed by atoms with van der Waals surface area (Å²) >= 11 is 0. The molecule has 2 saturated carbocycles. The number of aryl methyl sites for hydroxylation is 1. The van der Waals surface area contributed by atoms with Crippen LogP contribution in [-0.4, -0.2) is 25.6 Å². The van der Waals surface area contributed by atoms with Gasteiger partial charge in [-0.2, -0.15) is 8.78 Å². The third kappa shape index (κ3) is 6.17. The first-order chi connectivity index (χ1) is 18.2. The van der Waals surface area contributed by atoms with Gasteiger partial charge in [-0.3, -0.25) is 0 Å². The van der Waals surface area contributed by atoms with Gasteiger partial charge in [-0.1, -0.05) is 29.8 Å². The number of hydrogen-bond acceptors (Lipinski definition) is 3. The van der Waals surface area contributed by atoms with Gasteiger partial charge in [-0.25, -0.2) is 13.2 Å². The fourth-order valence-corrected chi connectivity index (χ4v) is 6.40. The van der Waals surface area contributed by atoms with Gasteiger partial charge in [-0.15, -0.1) is 0 Å². The summed E-state index contributed by atoms with van der Waals surface area (Å²) < 4.78 is 86.2. The van der Waals surface area contributed by atoms with Crippen molar-refractivity contribution in [1.82, 2.24) is 0 Å². The van der Waals surface area contributed by atoms with Crippen LogP contribution in [0.3, 0.4) is 0 Å². The summed E-state index contributed by atoms with van der Waals surface area (Å²) in [5.74, 6) is -5.13. The molecule has 3 nitrogen and oxygen atoms in total. The number of hydrogen-bond donors (Lipinski definition) is 0. The molecule has 2 aromatic carbocycles. The summed E-state index contributed by atoms with van der Waals surface area (Å²) in [5.41, 5.74) is 2.70. The van der Waals surface area contributed by atoms with Crippen LogP contribution >= 0.6 is 0 Å². The summed E-state index contributed by atoms with van der Waals surface area (Å²) in [6.07, 6.45) is 1.92. The summed E-state index contributed by atoms with van der Waals surface area (Å²) in [5, 5.41) is 0. The summed E-state index contributed by atoms with van der Waals surface area (Å²) in [6.45, 7) is 3.37. The zero-order valence-corrected chi connectivity index (χ0v) is 21.6. The van der Waals surface area contributed by atoms with E-state index in [1.54, 1.807) is 0 Å². The van der Waals surface area contributed by atoms with E-state index in [2.05, 4.69) is 35.9 Å². The highest BCUT2D eigenvalue weighted by atomic mass is 19.3. The zero-order valence-electron chi connectivity index (χ0n) is 21.6. The summed E-state index contributed by atoms with van der Waals surface area (Å²) in [4.78, 5) is 0. The predicted molar refractivity (Wildman–Crippen MR) is 132 cm³/mol. The highest BCUT2D eigenvalue weighted by molar-refractivity contribution is 5.26. The van der Waals surface area contributed by atoms with E-state index in [9.17, 15) is 22.0 Å². The molecule has 0 N–H and O–H groups in total. The third-order valence-electron chi connectivity index (χ3n) is 8.78. The average Bonchev–Trinajstić information content (AvgIpc) is 2.92. The minimum atomic E-state index is -3.63. The molecule has 0 bridgehead atoms. The van der Waals surface area contributed by atoms with Crippen LogP contribution in [0.25, 0.3) is 0 Å². The Labute approximate surface area is 220 Å². The Morgan fingerprint density at radius 1 is 0.737 bits per heavy atom. The molecule has 0 unspecified atom stereocenters. The molecule has 3 fully saturated rings. The molecule has 0 amide bonds. The highest BCUT2D eigenvalue weighted by Gasteiger charge is 2.46. The van der Waals surface area contributed by atoms with Crippen molar-refractivity contribution in [1.29, 1.82) is 0 Å². The van der Waals surface area contributed by atoms with Crippen molar-refractivity contribution in [2.75, 3.05) is 13.2 Å². The Kier molecular flexibility index (Phi) is 8.29. The molecule has 38 heavy (non-hydrogen) atoms. The summed E-state index contributed by atoms with van der Waals surface area (Å²) in [6, 6.07) is 9.73.